The van der Waals surface area contributed by atoms with E-state index in [1.54, 1.807) is 7.05 Å². The van der Waals surface area contributed by atoms with Crippen LogP contribution in [-0.4, -0.2) is 55.8 Å². The van der Waals surface area contributed by atoms with Gasteiger partial charge in [-0.1, -0.05) is 0 Å². The summed E-state index contributed by atoms with van der Waals surface area (Å²) in [7, 11) is -0.117. The molecule has 1 aromatic rings. The van der Waals surface area contributed by atoms with Crippen LogP contribution < -0.4 is 0 Å². The smallest absolute Gasteiger partial charge is 0.245 e. The van der Waals surface area contributed by atoms with E-state index >= 15 is 0 Å². The van der Waals surface area contributed by atoms with Crippen molar-refractivity contribution in [1.29, 1.82) is 5.26 Å². The normalized spacial score (nSPS) is 20.2. The number of sulfonamides is 1. The molecule has 1 saturated heterocycles. The lowest BCUT2D eigenvalue weighted by atomic mass is 10.2. The fourth-order valence-electron chi connectivity index (χ4n) is 2.46. The van der Waals surface area contributed by atoms with E-state index in [0.717, 1.165) is 19.4 Å². The van der Waals surface area contributed by atoms with Crippen LogP contribution in [0.25, 0.3) is 0 Å². The molecular weight excluding hydrogens is 276 g/mol. The van der Waals surface area contributed by atoms with Crippen LogP contribution in [0.4, 0.5) is 0 Å². The second-order valence-electron chi connectivity index (χ2n) is 5.02. The number of hydrogen-bond donors (Lipinski definition) is 0. The number of likely N-dealkylation sites (N-methyl/N-ethyl adjacent to an activating group) is 2. The quantitative estimate of drug-likeness (QED) is 0.815. The molecule has 0 amide bonds. The summed E-state index contributed by atoms with van der Waals surface area (Å²) in [6.07, 6.45) is 3.50. The zero-order chi connectivity index (χ0) is 14.8. The number of aromatic nitrogens is 1. The van der Waals surface area contributed by atoms with Crippen molar-refractivity contribution in [2.24, 2.45) is 0 Å². The van der Waals surface area contributed by atoms with Crippen LogP contribution in [0.1, 0.15) is 18.5 Å². The molecule has 0 saturated carbocycles. The minimum absolute atomic E-state index is 0.0225. The third kappa shape index (κ3) is 2.82. The van der Waals surface area contributed by atoms with Crippen LogP contribution in [0.15, 0.2) is 23.2 Å². The first kappa shape index (κ1) is 14.9. The maximum atomic E-state index is 12.5. The lowest BCUT2D eigenvalue weighted by Gasteiger charge is -2.25. The van der Waals surface area contributed by atoms with Gasteiger partial charge in [0.25, 0.3) is 0 Å². The SMILES string of the molecule is CN1CCCC1CN(C)S(=O)(=O)c1cccnc1C#N. The molecule has 1 aliphatic rings. The Balaban J connectivity index is 2.24. The van der Waals surface area contributed by atoms with Gasteiger partial charge in [-0.05, 0) is 38.6 Å². The lowest BCUT2D eigenvalue weighted by Crippen LogP contribution is -2.39. The molecule has 2 heterocycles. The monoisotopic (exact) mass is 294 g/mol. The van der Waals surface area contributed by atoms with Gasteiger partial charge in [0.1, 0.15) is 11.0 Å². The third-order valence-electron chi connectivity index (χ3n) is 3.70. The van der Waals surface area contributed by atoms with Crippen molar-refractivity contribution in [2.45, 2.75) is 23.8 Å². The highest BCUT2D eigenvalue weighted by Crippen LogP contribution is 2.21. The van der Waals surface area contributed by atoms with Gasteiger partial charge in [-0.15, -0.1) is 0 Å². The van der Waals surface area contributed by atoms with Gasteiger partial charge in [0.2, 0.25) is 10.0 Å². The molecule has 0 radical (unpaired) electrons. The first-order chi connectivity index (χ1) is 9.46. The van der Waals surface area contributed by atoms with E-state index in [9.17, 15) is 8.42 Å². The Morgan fingerprint density at radius 2 is 2.35 bits per heavy atom. The van der Waals surface area contributed by atoms with Gasteiger partial charge in [-0.2, -0.15) is 9.57 Å². The molecule has 1 aromatic heterocycles. The van der Waals surface area contributed by atoms with E-state index in [1.165, 1.54) is 22.6 Å². The summed E-state index contributed by atoms with van der Waals surface area (Å²) < 4.78 is 26.4. The molecule has 1 aliphatic heterocycles. The Labute approximate surface area is 119 Å². The van der Waals surface area contributed by atoms with E-state index in [0.29, 0.717) is 6.54 Å². The fourth-order valence-corrected chi connectivity index (χ4v) is 3.75. The Morgan fingerprint density at radius 3 is 2.95 bits per heavy atom. The van der Waals surface area contributed by atoms with Gasteiger partial charge in [0.05, 0.1) is 0 Å². The van der Waals surface area contributed by atoms with Crippen LogP contribution in [0.5, 0.6) is 0 Å². The third-order valence-corrected chi connectivity index (χ3v) is 5.56. The van der Waals surface area contributed by atoms with Crippen molar-refractivity contribution in [3.63, 3.8) is 0 Å². The molecule has 108 valence electrons. The van der Waals surface area contributed by atoms with Gasteiger partial charge < -0.3 is 4.90 Å². The number of nitriles is 1. The van der Waals surface area contributed by atoms with E-state index in [1.807, 2.05) is 13.1 Å². The van der Waals surface area contributed by atoms with E-state index < -0.39 is 10.0 Å². The van der Waals surface area contributed by atoms with Gasteiger partial charge >= 0.3 is 0 Å². The maximum absolute atomic E-state index is 12.5. The van der Waals surface area contributed by atoms with Crippen LogP contribution in [0.3, 0.4) is 0 Å². The minimum atomic E-state index is -3.67. The summed E-state index contributed by atoms with van der Waals surface area (Å²) in [4.78, 5) is 5.96. The van der Waals surface area contributed by atoms with Crippen LogP contribution in [-0.2, 0) is 10.0 Å². The second kappa shape index (κ2) is 5.87. The average Bonchev–Trinajstić information content (AvgIpc) is 2.84. The van der Waals surface area contributed by atoms with Crippen molar-refractivity contribution in [1.82, 2.24) is 14.2 Å². The zero-order valence-electron chi connectivity index (χ0n) is 11.7. The Bertz CT molecular complexity index is 624. The van der Waals surface area contributed by atoms with Gasteiger partial charge in [-0.3, -0.25) is 0 Å². The number of nitrogens with zero attached hydrogens (tertiary/aromatic N) is 4. The number of pyridine rings is 1. The molecule has 20 heavy (non-hydrogen) atoms. The van der Waals surface area contributed by atoms with E-state index in [-0.39, 0.29) is 16.6 Å². The molecule has 6 nitrogen and oxygen atoms in total. The van der Waals surface area contributed by atoms with Crippen molar-refractivity contribution < 1.29 is 8.42 Å². The molecule has 2 rings (SSSR count). The van der Waals surface area contributed by atoms with Crippen LogP contribution in [0, 0.1) is 11.3 Å². The topological polar surface area (TPSA) is 77.3 Å². The molecule has 1 unspecified atom stereocenters. The summed E-state index contributed by atoms with van der Waals surface area (Å²) in [5, 5.41) is 8.99. The van der Waals surface area contributed by atoms with E-state index in [2.05, 4.69) is 9.88 Å². The molecule has 0 aromatic carbocycles. The first-order valence-electron chi connectivity index (χ1n) is 6.48. The number of hydrogen-bond acceptors (Lipinski definition) is 5. The molecule has 0 spiro atoms. The van der Waals surface area contributed by atoms with Crippen molar-refractivity contribution in [2.75, 3.05) is 27.2 Å². The predicted molar refractivity (Wildman–Crippen MR) is 74.4 cm³/mol. The van der Waals surface area contributed by atoms with Crippen molar-refractivity contribution in [3.8, 4) is 6.07 Å². The second-order valence-corrected chi connectivity index (χ2v) is 7.04. The molecule has 0 aliphatic carbocycles. The van der Waals surface area contributed by atoms with Crippen molar-refractivity contribution >= 4 is 10.0 Å². The minimum Gasteiger partial charge on any atom is -0.302 e. The van der Waals surface area contributed by atoms with Gasteiger partial charge in [-0.25, -0.2) is 13.4 Å². The highest BCUT2D eigenvalue weighted by molar-refractivity contribution is 7.89. The Morgan fingerprint density at radius 1 is 1.60 bits per heavy atom. The number of rotatable bonds is 4. The molecule has 0 bridgehead atoms. The first-order valence-corrected chi connectivity index (χ1v) is 7.92. The summed E-state index contributed by atoms with van der Waals surface area (Å²) >= 11 is 0. The Kier molecular flexibility index (Phi) is 4.38. The largest absolute Gasteiger partial charge is 0.302 e. The predicted octanol–water partition coefficient (Wildman–Crippen LogP) is 0.668. The maximum Gasteiger partial charge on any atom is 0.245 e. The summed E-state index contributed by atoms with van der Waals surface area (Å²) in [5.41, 5.74) is -0.0564. The van der Waals surface area contributed by atoms with Crippen LogP contribution >= 0.6 is 0 Å². The lowest BCUT2D eigenvalue weighted by molar-refractivity contribution is 0.271. The van der Waals surface area contributed by atoms with E-state index in [4.69, 9.17) is 5.26 Å². The van der Waals surface area contributed by atoms with Crippen LogP contribution in [0.2, 0.25) is 0 Å². The molecule has 1 fully saturated rings. The Hall–Kier alpha value is -1.49. The summed E-state index contributed by atoms with van der Waals surface area (Å²) in [5.74, 6) is 0. The van der Waals surface area contributed by atoms with Gasteiger partial charge in [0, 0.05) is 25.8 Å². The fraction of sp³-hybridized carbons (Fsp3) is 0.538. The highest BCUT2D eigenvalue weighted by Gasteiger charge is 2.29. The summed E-state index contributed by atoms with van der Waals surface area (Å²) in [6.45, 7) is 1.42. The van der Waals surface area contributed by atoms with Gasteiger partial charge in [0.15, 0.2) is 5.69 Å². The zero-order valence-corrected chi connectivity index (χ0v) is 12.5. The number of likely N-dealkylation sites (tertiary alicyclic amines) is 1. The van der Waals surface area contributed by atoms with Crippen molar-refractivity contribution in [3.05, 3.63) is 24.0 Å². The standard InChI is InChI=1S/C13H18N4O2S/c1-16-8-4-5-11(16)10-17(2)20(18,19)13-6-3-7-15-12(13)9-14/h3,6-7,11H,4-5,8,10H2,1-2H3. The average molecular weight is 294 g/mol. The molecule has 1 atom stereocenters. The molecule has 0 N–H and O–H groups in total. The molecule has 7 heteroatoms. The summed E-state index contributed by atoms with van der Waals surface area (Å²) in [6, 6.07) is 5.02. The molecular formula is C13H18N4O2S. The highest BCUT2D eigenvalue weighted by atomic mass is 32.2.